The van der Waals surface area contributed by atoms with Crippen LogP contribution in [0.4, 0.5) is 23.1 Å². The Labute approximate surface area is 383 Å². The average molecular weight is 909 g/mol. The number of aromatic nitrogens is 3. The zero-order valence-electron chi connectivity index (χ0n) is 37.4. The molecule has 5 aliphatic rings. The van der Waals surface area contributed by atoms with Crippen molar-refractivity contribution < 1.29 is 23.9 Å². The second-order valence-electron chi connectivity index (χ2n) is 18.2. The number of rotatable bonds is 12. The van der Waals surface area contributed by atoms with Gasteiger partial charge in [0, 0.05) is 107 Å². The molecule has 18 heteroatoms. The molecular weight excluding hydrogens is 850 g/mol. The summed E-state index contributed by atoms with van der Waals surface area (Å²) in [7, 11) is 5.49. The number of piperidine rings is 2. The van der Waals surface area contributed by atoms with Crippen molar-refractivity contribution in [2.24, 2.45) is 13.0 Å². The van der Waals surface area contributed by atoms with Crippen molar-refractivity contribution >= 4 is 69.3 Å². The van der Waals surface area contributed by atoms with Gasteiger partial charge in [-0.3, -0.25) is 34.2 Å². The normalized spacial score (nSPS) is 22.1. The van der Waals surface area contributed by atoms with Crippen molar-refractivity contribution in [3.8, 4) is 5.75 Å². The van der Waals surface area contributed by atoms with Gasteiger partial charge in [0.05, 0.1) is 11.7 Å². The smallest absolute Gasteiger partial charge is 0.293 e. The van der Waals surface area contributed by atoms with E-state index in [2.05, 4.69) is 53.6 Å². The number of benzene rings is 2. The van der Waals surface area contributed by atoms with E-state index < -0.39 is 6.04 Å². The maximum absolute atomic E-state index is 13.2. The zero-order chi connectivity index (χ0) is 45.4. The lowest BCUT2D eigenvalue weighted by Gasteiger charge is -2.43. The highest BCUT2D eigenvalue weighted by molar-refractivity contribution is 6.33. The number of aryl methyl sites for hydroxylation is 1. The van der Waals surface area contributed by atoms with Crippen LogP contribution in [0, 0.1) is 5.92 Å². The lowest BCUT2D eigenvalue weighted by atomic mass is 9.84. The van der Waals surface area contributed by atoms with Crippen molar-refractivity contribution in [2.45, 2.75) is 76.0 Å². The van der Waals surface area contributed by atoms with Crippen LogP contribution in [-0.2, 0) is 28.0 Å². The first-order valence-electron chi connectivity index (χ1n) is 22.9. The number of pyridine rings is 1. The van der Waals surface area contributed by atoms with Gasteiger partial charge in [0.25, 0.3) is 17.4 Å². The van der Waals surface area contributed by atoms with E-state index in [1.165, 1.54) is 37.3 Å². The van der Waals surface area contributed by atoms with Crippen LogP contribution >= 0.6 is 11.6 Å². The highest BCUT2D eigenvalue weighted by Gasteiger charge is 2.39. The first-order valence-corrected chi connectivity index (χ1v) is 23.3. The van der Waals surface area contributed by atoms with Gasteiger partial charge in [-0.05, 0) is 106 Å². The number of nitrogens with zero attached hydrogens (tertiary/aromatic N) is 8. The molecule has 2 aromatic carbocycles. The van der Waals surface area contributed by atoms with Crippen molar-refractivity contribution in [1.82, 2.24) is 39.9 Å². The standard InChI is InChI=1S/C47H58ClN11O6/c1-49-42(61)28-65-40-24-30-22-32(6-11-38(30)55(3)46(40)64)51-43-37(48)25-50-47(53-43)58-16-14-34(15-17-58)54(2)33-7-4-29(5-8-33)26-56-18-20-57(21-19-56)35-9-10-36-31(23-35)27-59(45(36)63)39-12-13-41(60)52-44(39)62/h6,9-11,22-25,29,33-34,39H,4-5,7-8,12-21,26-28H2,1-3H3,(H,49,61)(H,50,51,53)(H,52,60,62). The minimum Gasteiger partial charge on any atom is -0.478 e. The summed E-state index contributed by atoms with van der Waals surface area (Å²) in [4.78, 5) is 82.9. The average Bonchev–Trinajstić information content (AvgIpc) is 3.65. The molecule has 1 aliphatic carbocycles. The highest BCUT2D eigenvalue weighted by Crippen LogP contribution is 2.34. The Kier molecular flexibility index (Phi) is 13.0. The summed E-state index contributed by atoms with van der Waals surface area (Å²) in [6, 6.07) is 13.8. The summed E-state index contributed by atoms with van der Waals surface area (Å²) < 4.78 is 7.03. The van der Waals surface area contributed by atoms with Crippen LogP contribution in [0.5, 0.6) is 5.75 Å². The topological polar surface area (TPSA) is 178 Å². The molecule has 0 spiro atoms. The molecule has 6 heterocycles. The molecule has 17 nitrogen and oxygen atoms in total. The first kappa shape index (κ1) is 44.4. The Morgan fingerprint density at radius 2 is 1.66 bits per heavy atom. The number of anilines is 4. The Balaban J connectivity index is 0.721. The summed E-state index contributed by atoms with van der Waals surface area (Å²) in [5.74, 6) is 0.808. The van der Waals surface area contributed by atoms with E-state index >= 15 is 0 Å². The molecule has 344 valence electrons. The van der Waals surface area contributed by atoms with E-state index in [1.54, 1.807) is 24.2 Å². The third kappa shape index (κ3) is 9.49. The molecule has 0 bridgehead atoms. The minimum absolute atomic E-state index is 0.0894. The Bertz CT molecular complexity index is 2530. The molecule has 4 amide bonds. The molecule has 2 aromatic heterocycles. The van der Waals surface area contributed by atoms with Crippen LogP contribution in [0.25, 0.3) is 10.9 Å². The number of ether oxygens (including phenoxy) is 1. The molecule has 0 radical (unpaired) electrons. The fourth-order valence-electron chi connectivity index (χ4n) is 10.4. The summed E-state index contributed by atoms with van der Waals surface area (Å²) >= 11 is 6.61. The number of carbonyl (C=O) groups is 4. The number of amides is 4. The van der Waals surface area contributed by atoms with Crippen LogP contribution in [-0.4, -0.2) is 138 Å². The molecule has 4 fully saturated rings. The SMILES string of the molecule is CNC(=O)COc1cc2cc(Nc3nc(N4CCC(N(C)C5CCC(CN6CCN(c7ccc8c(c7)CN(C7CCC(=O)NC7=O)C8=O)CC6)CC5)CC4)ncc3Cl)ccc2n(C)c1=O. The minimum atomic E-state index is -0.599. The molecule has 1 saturated carbocycles. The summed E-state index contributed by atoms with van der Waals surface area (Å²) in [6.45, 7) is 6.88. The quantitative estimate of drug-likeness (QED) is 0.175. The van der Waals surface area contributed by atoms with E-state index in [0.29, 0.717) is 58.8 Å². The van der Waals surface area contributed by atoms with Gasteiger partial charge in [0.2, 0.25) is 17.8 Å². The lowest BCUT2D eigenvalue weighted by molar-refractivity contribution is -0.137. The van der Waals surface area contributed by atoms with E-state index in [1.807, 2.05) is 30.3 Å². The van der Waals surface area contributed by atoms with Crippen LogP contribution in [0.3, 0.4) is 0 Å². The molecule has 1 atom stereocenters. The number of nitrogens with one attached hydrogen (secondary N) is 3. The van der Waals surface area contributed by atoms with Crippen molar-refractivity contribution in [3.63, 3.8) is 0 Å². The molecule has 65 heavy (non-hydrogen) atoms. The molecule has 3 saturated heterocycles. The second kappa shape index (κ2) is 19.0. The predicted octanol–water partition coefficient (Wildman–Crippen LogP) is 3.89. The third-order valence-electron chi connectivity index (χ3n) is 14.3. The van der Waals surface area contributed by atoms with Crippen LogP contribution in [0.15, 0.2) is 53.5 Å². The highest BCUT2D eigenvalue weighted by atomic mass is 35.5. The number of imide groups is 1. The van der Waals surface area contributed by atoms with E-state index in [0.717, 1.165) is 81.0 Å². The van der Waals surface area contributed by atoms with Gasteiger partial charge in [-0.15, -0.1) is 0 Å². The number of hydrogen-bond donors (Lipinski definition) is 3. The number of piperazine rings is 1. The number of halogens is 1. The molecular formula is C47H58ClN11O6. The monoisotopic (exact) mass is 907 g/mol. The number of likely N-dealkylation sites (N-methyl/N-ethyl adjacent to an activating group) is 1. The Morgan fingerprint density at radius 1 is 0.908 bits per heavy atom. The van der Waals surface area contributed by atoms with Gasteiger partial charge in [-0.25, -0.2) is 4.98 Å². The number of fused-ring (bicyclic) bond motifs is 2. The summed E-state index contributed by atoms with van der Waals surface area (Å²) in [5.41, 5.74) is 3.84. The van der Waals surface area contributed by atoms with Gasteiger partial charge in [0.15, 0.2) is 18.2 Å². The fourth-order valence-corrected chi connectivity index (χ4v) is 10.5. The van der Waals surface area contributed by atoms with Gasteiger partial charge in [0.1, 0.15) is 11.1 Å². The maximum Gasteiger partial charge on any atom is 0.293 e. The van der Waals surface area contributed by atoms with Crippen LogP contribution < -0.4 is 36.0 Å². The van der Waals surface area contributed by atoms with Crippen LogP contribution in [0.2, 0.25) is 5.02 Å². The largest absolute Gasteiger partial charge is 0.478 e. The molecule has 1 unspecified atom stereocenters. The van der Waals surface area contributed by atoms with E-state index in [4.69, 9.17) is 21.3 Å². The summed E-state index contributed by atoms with van der Waals surface area (Å²) in [6.07, 6.45) is 9.24. The van der Waals surface area contributed by atoms with E-state index in [9.17, 15) is 24.0 Å². The van der Waals surface area contributed by atoms with E-state index in [-0.39, 0.29) is 48.0 Å². The first-order chi connectivity index (χ1) is 31.4. The molecule has 4 aliphatic heterocycles. The Morgan fingerprint density at radius 3 is 2.40 bits per heavy atom. The van der Waals surface area contributed by atoms with Crippen molar-refractivity contribution in [1.29, 1.82) is 0 Å². The van der Waals surface area contributed by atoms with Crippen molar-refractivity contribution in [3.05, 3.63) is 75.2 Å². The van der Waals surface area contributed by atoms with Crippen LogP contribution in [0.1, 0.15) is 67.3 Å². The molecule has 4 aromatic rings. The van der Waals surface area contributed by atoms with Gasteiger partial charge < -0.3 is 39.5 Å². The van der Waals surface area contributed by atoms with Gasteiger partial charge in [-0.1, -0.05) is 11.6 Å². The number of hydrogen-bond acceptors (Lipinski definition) is 13. The van der Waals surface area contributed by atoms with Gasteiger partial charge >= 0.3 is 0 Å². The lowest BCUT2D eigenvalue weighted by Crippen LogP contribution is -2.52. The maximum atomic E-state index is 13.2. The summed E-state index contributed by atoms with van der Waals surface area (Å²) in [5, 5.41) is 9.37. The Hall–Kier alpha value is -5.78. The zero-order valence-corrected chi connectivity index (χ0v) is 38.1. The van der Waals surface area contributed by atoms with Crippen molar-refractivity contribution in [2.75, 3.05) is 81.6 Å². The number of carbonyl (C=O) groups excluding carboxylic acids is 4. The molecule has 9 rings (SSSR count). The third-order valence-corrected chi connectivity index (χ3v) is 14.6. The fraction of sp³-hybridized carbons (Fsp3) is 0.511. The predicted molar refractivity (Wildman–Crippen MR) is 249 cm³/mol. The second-order valence-corrected chi connectivity index (χ2v) is 18.6. The molecule has 3 N–H and O–H groups in total. The van der Waals surface area contributed by atoms with Gasteiger partial charge in [-0.2, -0.15) is 4.98 Å².